The van der Waals surface area contributed by atoms with Crippen molar-refractivity contribution in [1.29, 1.82) is 0 Å². The van der Waals surface area contributed by atoms with Crippen LogP contribution in [0, 0.1) is 11.8 Å². The van der Waals surface area contributed by atoms with E-state index < -0.39 is 36.3 Å². The van der Waals surface area contributed by atoms with Crippen molar-refractivity contribution < 1.29 is 54.0 Å². The number of benzene rings is 5. The summed E-state index contributed by atoms with van der Waals surface area (Å²) in [6.45, 7) is 2.49. The number of ether oxygens (including phenoxy) is 6. The number of hydrogen-bond donors (Lipinski definition) is 7. The monoisotopic (exact) mass is 892 g/mol. The molecule has 13 nitrogen and oxygen atoms in total. The molecule has 65 heavy (non-hydrogen) atoms. The van der Waals surface area contributed by atoms with E-state index >= 15 is 0 Å². The van der Waals surface area contributed by atoms with Gasteiger partial charge in [0.25, 0.3) is 0 Å². The fourth-order valence-corrected chi connectivity index (χ4v) is 10.1. The van der Waals surface area contributed by atoms with Crippen LogP contribution in [-0.2, 0) is 15.9 Å². The average molecular weight is 893 g/mol. The van der Waals surface area contributed by atoms with Gasteiger partial charge in [-0.05, 0) is 129 Å². The quantitative estimate of drug-likeness (QED) is 0.0378. The van der Waals surface area contributed by atoms with E-state index in [4.69, 9.17) is 28.4 Å². The van der Waals surface area contributed by atoms with Gasteiger partial charge in [-0.25, -0.2) is 0 Å². The van der Waals surface area contributed by atoms with Gasteiger partial charge in [-0.1, -0.05) is 18.2 Å². The summed E-state index contributed by atoms with van der Waals surface area (Å²) >= 11 is 0. The molecule has 5 aromatic rings. The summed E-state index contributed by atoms with van der Waals surface area (Å²) in [7, 11) is 5.17. The molecule has 0 aromatic heterocycles. The van der Waals surface area contributed by atoms with Crippen LogP contribution in [-0.4, -0.2) is 105 Å². The molecule has 0 bridgehead atoms. The maximum atomic E-state index is 13.0. The van der Waals surface area contributed by atoms with Crippen molar-refractivity contribution in [3.63, 3.8) is 0 Å². The summed E-state index contributed by atoms with van der Waals surface area (Å²) in [5.41, 5.74) is 4.59. The lowest BCUT2D eigenvalue weighted by Crippen LogP contribution is -2.48. The Labute approximate surface area is 381 Å². The first-order chi connectivity index (χ1) is 31.7. The van der Waals surface area contributed by atoms with Crippen molar-refractivity contribution >= 4 is 10.8 Å². The Morgan fingerprint density at radius 1 is 0.831 bits per heavy atom. The van der Waals surface area contributed by atoms with E-state index in [9.17, 15) is 25.5 Å². The minimum atomic E-state index is -1.05. The number of fused-ring (bicyclic) bond motifs is 4. The van der Waals surface area contributed by atoms with Crippen molar-refractivity contribution in [3.05, 3.63) is 101 Å². The van der Waals surface area contributed by atoms with Crippen molar-refractivity contribution in [1.82, 2.24) is 10.6 Å². The molecule has 0 radical (unpaired) electrons. The second-order valence-corrected chi connectivity index (χ2v) is 17.6. The number of methoxy groups -OCH3 is 2. The van der Waals surface area contributed by atoms with Crippen LogP contribution in [0.5, 0.6) is 40.2 Å². The number of phenolic OH excluding ortho intramolecular Hbond substituents is 3. The molecule has 13 heteroatoms. The first-order valence-corrected chi connectivity index (χ1v) is 23.1. The average Bonchev–Trinajstić information content (AvgIpc) is 3.81. The molecule has 5 aromatic carbocycles. The number of likely N-dealkylation sites (N-methyl/N-ethyl adjacent to an activating group) is 1. The summed E-state index contributed by atoms with van der Waals surface area (Å²) in [4.78, 5) is 0. The van der Waals surface area contributed by atoms with Crippen molar-refractivity contribution in [3.8, 4) is 51.4 Å². The van der Waals surface area contributed by atoms with E-state index in [1.807, 2.05) is 43.4 Å². The second kappa shape index (κ2) is 21.4. The molecule has 8 rings (SSSR count). The van der Waals surface area contributed by atoms with Crippen molar-refractivity contribution in [2.24, 2.45) is 11.8 Å². The number of aliphatic hydroxyl groups excluding tert-OH is 2. The van der Waals surface area contributed by atoms with Crippen LogP contribution < -0.4 is 29.6 Å². The fourth-order valence-electron chi connectivity index (χ4n) is 10.1. The molecule has 6 atom stereocenters. The molecule has 1 fully saturated rings. The number of nitrogens with one attached hydrogen (secondary N) is 2. The zero-order chi connectivity index (χ0) is 45.5. The van der Waals surface area contributed by atoms with Crippen molar-refractivity contribution in [2.75, 3.05) is 60.7 Å². The Kier molecular flexibility index (Phi) is 15.2. The third-order valence-corrected chi connectivity index (χ3v) is 13.2. The van der Waals surface area contributed by atoms with Gasteiger partial charge in [-0.2, -0.15) is 0 Å². The molecule has 1 aliphatic carbocycles. The van der Waals surface area contributed by atoms with E-state index in [1.165, 1.54) is 0 Å². The minimum Gasteiger partial charge on any atom is -0.508 e. The number of hydrogen-bond acceptors (Lipinski definition) is 13. The second-order valence-electron chi connectivity index (χ2n) is 17.6. The minimum absolute atomic E-state index is 0.0463. The number of rotatable bonds is 20. The van der Waals surface area contributed by atoms with Gasteiger partial charge in [0.1, 0.15) is 46.4 Å². The largest absolute Gasteiger partial charge is 0.508 e. The van der Waals surface area contributed by atoms with Gasteiger partial charge in [0.15, 0.2) is 0 Å². The van der Waals surface area contributed by atoms with Gasteiger partial charge in [0, 0.05) is 85.7 Å². The zero-order valence-corrected chi connectivity index (χ0v) is 37.6. The van der Waals surface area contributed by atoms with Gasteiger partial charge < -0.3 is 64.6 Å². The van der Waals surface area contributed by atoms with Crippen LogP contribution >= 0.6 is 0 Å². The SMILES string of the molecule is CNCCNCC(CCO)OC1c2cc(OC)c3cc(O)ccc3c2OC(CCCOC)C1C1COc2c(Cc3cc(O)ccc3-c3cccc(O)c3)cc(OC3CCCC3)cc2C1O. The van der Waals surface area contributed by atoms with Crippen LogP contribution in [0.3, 0.4) is 0 Å². The maximum Gasteiger partial charge on any atom is 0.133 e. The highest BCUT2D eigenvalue weighted by Gasteiger charge is 2.50. The first-order valence-electron chi connectivity index (χ1n) is 23.1. The van der Waals surface area contributed by atoms with Crippen LogP contribution in [0.1, 0.15) is 79.4 Å². The lowest BCUT2D eigenvalue weighted by molar-refractivity contribution is -0.135. The Balaban J connectivity index is 1.24. The van der Waals surface area contributed by atoms with Gasteiger partial charge in [0.05, 0.1) is 38.1 Å². The zero-order valence-electron chi connectivity index (χ0n) is 37.6. The molecular weight excluding hydrogens is 829 g/mol. The first kappa shape index (κ1) is 46.3. The highest BCUT2D eigenvalue weighted by Crippen LogP contribution is 2.55. The summed E-state index contributed by atoms with van der Waals surface area (Å²) in [5, 5.41) is 63.2. The molecule has 348 valence electrons. The summed E-state index contributed by atoms with van der Waals surface area (Å²) < 4.78 is 39.5. The van der Waals surface area contributed by atoms with Crippen LogP contribution in [0.2, 0.25) is 0 Å². The van der Waals surface area contributed by atoms with Crippen LogP contribution in [0.15, 0.2) is 78.9 Å². The summed E-state index contributed by atoms with van der Waals surface area (Å²) in [5.74, 6) is 1.69. The highest BCUT2D eigenvalue weighted by atomic mass is 16.5. The number of aliphatic hydroxyl groups is 2. The number of phenols is 3. The smallest absolute Gasteiger partial charge is 0.133 e. The predicted molar refractivity (Wildman–Crippen MR) is 249 cm³/mol. The third kappa shape index (κ3) is 10.4. The van der Waals surface area contributed by atoms with E-state index in [0.29, 0.717) is 79.3 Å². The van der Waals surface area contributed by atoms with Crippen LogP contribution in [0.4, 0.5) is 0 Å². The topological polar surface area (TPSA) is 181 Å². The molecule has 2 aliphatic heterocycles. The van der Waals surface area contributed by atoms with Crippen molar-refractivity contribution in [2.45, 2.75) is 81.9 Å². The lowest BCUT2D eigenvalue weighted by atomic mass is 9.72. The van der Waals surface area contributed by atoms with Gasteiger partial charge in [0.2, 0.25) is 0 Å². The van der Waals surface area contributed by atoms with E-state index in [0.717, 1.165) is 65.4 Å². The molecule has 0 saturated heterocycles. The predicted octanol–water partition coefficient (Wildman–Crippen LogP) is 7.71. The standard InChI is InChI=1S/C52H64N2O11/c1-53-18-19-54-29-38(17-20-55)64-52-44-28-47(61-3)42-26-36(58)14-16-41(42)51(44)65-46(12-7-21-60-2)48(52)45-30-62-50-33(25-39(27-43(50)49(45)59)63-37-10-4-5-11-37)22-32-24-35(57)13-15-40(32)31-8-6-9-34(56)23-31/h6,8-9,13-16,23-28,37-38,45-46,48-49,52-59H,4-5,7,10-12,17-22,29-30H2,1-3H3. The Morgan fingerprint density at radius 2 is 1.63 bits per heavy atom. The molecular formula is C52H64N2O11. The fraction of sp³-hybridized carbons (Fsp3) is 0.462. The Morgan fingerprint density at radius 3 is 2.40 bits per heavy atom. The van der Waals surface area contributed by atoms with Gasteiger partial charge in [-0.15, -0.1) is 0 Å². The third-order valence-electron chi connectivity index (χ3n) is 13.2. The number of aromatic hydroxyl groups is 3. The lowest BCUT2D eigenvalue weighted by Gasteiger charge is -2.47. The normalized spacial score (nSPS) is 21.0. The molecule has 0 amide bonds. The van der Waals surface area contributed by atoms with Gasteiger partial charge >= 0.3 is 0 Å². The molecule has 0 spiro atoms. The Bertz CT molecular complexity index is 2390. The molecule has 7 N–H and O–H groups in total. The highest BCUT2D eigenvalue weighted by molar-refractivity contribution is 5.96. The van der Waals surface area contributed by atoms with E-state index in [-0.39, 0.29) is 36.6 Å². The molecule has 3 aliphatic rings. The molecule has 6 unspecified atom stereocenters. The summed E-state index contributed by atoms with van der Waals surface area (Å²) in [6.07, 6.45) is 3.50. The molecule has 1 saturated carbocycles. The Hall–Kier alpha value is -5.28. The maximum absolute atomic E-state index is 13.0. The van der Waals surface area contributed by atoms with Gasteiger partial charge in [-0.3, -0.25) is 0 Å². The van der Waals surface area contributed by atoms with Crippen LogP contribution in [0.25, 0.3) is 21.9 Å². The van der Waals surface area contributed by atoms with E-state index in [2.05, 4.69) is 10.6 Å². The van der Waals surface area contributed by atoms with E-state index in [1.54, 1.807) is 56.7 Å². The molecule has 2 heterocycles. The summed E-state index contributed by atoms with van der Waals surface area (Å²) in [6, 6.07) is 23.2.